The normalized spacial score (nSPS) is 12.5. The van der Waals surface area contributed by atoms with Crippen molar-refractivity contribution in [3.63, 3.8) is 0 Å². The smallest absolute Gasteiger partial charge is 0.363 e. The van der Waals surface area contributed by atoms with Crippen molar-refractivity contribution in [1.29, 1.82) is 0 Å². The van der Waals surface area contributed by atoms with Crippen LogP contribution in [0.3, 0.4) is 0 Å². The van der Waals surface area contributed by atoms with Gasteiger partial charge in [-0.15, -0.1) is 5.10 Å². The van der Waals surface area contributed by atoms with Crippen LogP contribution in [0.5, 0.6) is 0 Å². The van der Waals surface area contributed by atoms with Gasteiger partial charge in [-0.2, -0.15) is 0 Å². The lowest BCUT2D eigenvalue weighted by Crippen LogP contribution is -2.26. The van der Waals surface area contributed by atoms with Crippen LogP contribution in [0.15, 0.2) is 0 Å². The molecule has 1 heterocycles. The molecule has 0 spiro atoms. The molecule has 1 atom stereocenters. The van der Waals surface area contributed by atoms with Gasteiger partial charge in [-0.3, -0.25) is 0 Å². The number of nitrogen functional groups attached to an aromatic ring is 1. The van der Waals surface area contributed by atoms with Gasteiger partial charge in [0.1, 0.15) is 0 Å². The highest BCUT2D eigenvalue weighted by atomic mass is 16.5. The molecule has 0 amide bonds. The molecule has 21 heavy (non-hydrogen) atoms. The highest BCUT2D eigenvalue weighted by Gasteiger charge is 2.28. The van der Waals surface area contributed by atoms with Crippen molar-refractivity contribution in [2.45, 2.75) is 59.3 Å². The highest BCUT2D eigenvalue weighted by molar-refractivity contribution is 5.92. The van der Waals surface area contributed by atoms with Crippen LogP contribution in [-0.2, 0) is 14.3 Å². The number of hydrogen-bond acceptors (Lipinski definition) is 7. The molecule has 0 aliphatic heterocycles. The van der Waals surface area contributed by atoms with Gasteiger partial charge in [0.2, 0.25) is 5.69 Å². The molecule has 0 saturated heterocycles. The molecular weight excluding hydrogens is 276 g/mol. The van der Waals surface area contributed by atoms with E-state index in [9.17, 15) is 9.59 Å². The van der Waals surface area contributed by atoms with E-state index in [4.69, 9.17) is 15.2 Å². The zero-order valence-corrected chi connectivity index (χ0v) is 13.0. The molecule has 8 heteroatoms. The van der Waals surface area contributed by atoms with E-state index in [1.54, 1.807) is 34.6 Å². The second-order valence-electron chi connectivity index (χ2n) is 5.13. The Balaban J connectivity index is 3.00. The number of ether oxygens (including phenoxy) is 2. The predicted octanol–water partition coefficient (Wildman–Crippen LogP) is 1.33. The molecule has 1 aromatic heterocycles. The summed E-state index contributed by atoms with van der Waals surface area (Å²) in [6.07, 6.45) is -0.130. The van der Waals surface area contributed by atoms with Crippen molar-refractivity contribution < 1.29 is 19.1 Å². The van der Waals surface area contributed by atoms with Crippen molar-refractivity contribution in [2.75, 3.05) is 5.73 Å². The van der Waals surface area contributed by atoms with E-state index in [1.807, 2.05) is 0 Å². The van der Waals surface area contributed by atoms with Crippen LogP contribution in [0.25, 0.3) is 0 Å². The van der Waals surface area contributed by atoms with Gasteiger partial charge in [-0.1, -0.05) is 12.1 Å². The van der Waals surface area contributed by atoms with Gasteiger partial charge in [-0.25, -0.2) is 14.3 Å². The molecule has 0 aliphatic rings. The molecule has 0 saturated carbocycles. The minimum absolute atomic E-state index is 0.00629. The first kappa shape index (κ1) is 16.9. The summed E-state index contributed by atoms with van der Waals surface area (Å²) in [5.74, 6) is -1.14. The van der Waals surface area contributed by atoms with E-state index in [0.29, 0.717) is 6.42 Å². The Labute approximate surface area is 123 Å². The monoisotopic (exact) mass is 298 g/mol. The van der Waals surface area contributed by atoms with Crippen molar-refractivity contribution in [1.82, 2.24) is 15.0 Å². The molecule has 0 bridgehead atoms. The average molecular weight is 298 g/mol. The third-order valence-electron chi connectivity index (χ3n) is 2.57. The summed E-state index contributed by atoms with van der Waals surface area (Å²) < 4.78 is 11.4. The Bertz CT molecular complexity index is 510. The second kappa shape index (κ2) is 7.05. The first-order valence-electron chi connectivity index (χ1n) is 6.90. The minimum Gasteiger partial charge on any atom is -0.461 e. The number of esters is 2. The van der Waals surface area contributed by atoms with Crippen LogP contribution in [0.1, 0.15) is 57.6 Å². The van der Waals surface area contributed by atoms with Gasteiger partial charge in [0.15, 0.2) is 11.9 Å². The highest BCUT2D eigenvalue weighted by Crippen LogP contribution is 2.20. The van der Waals surface area contributed by atoms with E-state index in [1.165, 1.54) is 4.68 Å². The Kier molecular flexibility index (Phi) is 5.69. The van der Waals surface area contributed by atoms with Crippen LogP contribution in [0, 0.1) is 0 Å². The predicted molar refractivity (Wildman–Crippen MR) is 75.5 cm³/mol. The molecule has 0 aliphatic carbocycles. The molecular formula is C13H22N4O4. The molecule has 1 unspecified atom stereocenters. The third-order valence-corrected chi connectivity index (χ3v) is 2.57. The maximum atomic E-state index is 12.0. The quantitative estimate of drug-likeness (QED) is 0.789. The number of anilines is 1. The number of nitrogens with zero attached hydrogens (tertiary/aromatic N) is 3. The fraction of sp³-hybridized carbons (Fsp3) is 0.692. The molecule has 0 radical (unpaired) electrons. The standard InChI is InChI=1S/C13H22N4O4/c1-6-9(12(18)20-7(2)3)17-11(14)10(15-16-17)13(19)21-8(4)5/h7-9H,6,14H2,1-5H3. The number of hydrogen-bond donors (Lipinski definition) is 1. The number of rotatable bonds is 6. The molecule has 8 nitrogen and oxygen atoms in total. The Morgan fingerprint density at radius 1 is 1.19 bits per heavy atom. The van der Waals surface area contributed by atoms with Crippen molar-refractivity contribution in [2.24, 2.45) is 0 Å². The SMILES string of the molecule is CCC(C(=O)OC(C)C)n1nnc(C(=O)OC(C)C)c1N. The summed E-state index contributed by atoms with van der Waals surface area (Å²) >= 11 is 0. The van der Waals surface area contributed by atoms with Gasteiger partial charge in [0.05, 0.1) is 12.2 Å². The Morgan fingerprint density at radius 2 is 1.76 bits per heavy atom. The maximum absolute atomic E-state index is 12.0. The van der Waals surface area contributed by atoms with Gasteiger partial charge in [-0.05, 0) is 34.1 Å². The lowest BCUT2D eigenvalue weighted by Gasteiger charge is -2.17. The van der Waals surface area contributed by atoms with E-state index in [-0.39, 0.29) is 23.7 Å². The number of aromatic nitrogens is 3. The first-order valence-corrected chi connectivity index (χ1v) is 6.90. The zero-order chi connectivity index (χ0) is 16.2. The van der Waals surface area contributed by atoms with Crippen LogP contribution in [0.4, 0.5) is 5.82 Å². The fourth-order valence-corrected chi connectivity index (χ4v) is 1.70. The summed E-state index contributed by atoms with van der Waals surface area (Å²) in [5.41, 5.74) is 5.76. The Morgan fingerprint density at radius 3 is 2.24 bits per heavy atom. The van der Waals surface area contributed by atoms with Gasteiger partial charge < -0.3 is 15.2 Å². The Hall–Kier alpha value is -2.12. The summed E-state index contributed by atoms with van der Waals surface area (Å²) in [6, 6.07) is -0.722. The van der Waals surface area contributed by atoms with Gasteiger partial charge in [0, 0.05) is 0 Å². The lowest BCUT2D eigenvalue weighted by molar-refractivity contribution is -0.151. The fourth-order valence-electron chi connectivity index (χ4n) is 1.70. The lowest BCUT2D eigenvalue weighted by atomic mass is 10.2. The van der Waals surface area contributed by atoms with Crippen LogP contribution >= 0.6 is 0 Å². The van der Waals surface area contributed by atoms with E-state index >= 15 is 0 Å². The summed E-state index contributed by atoms with van der Waals surface area (Å²) in [5, 5.41) is 7.49. The summed E-state index contributed by atoms with van der Waals surface area (Å²) in [6.45, 7) is 8.72. The molecule has 118 valence electrons. The van der Waals surface area contributed by atoms with Crippen LogP contribution in [0.2, 0.25) is 0 Å². The average Bonchev–Trinajstić information content (AvgIpc) is 2.71. The summed E-state index contributed by atoms with van der Waals surface area (Å²) in [4.78, 5) is 23.8. The molecule has 1 rings (SSSR count). The van der Waals surface area contributed by atoms with Crippen molar-refractivity contribution in [3.8, 4) is 0 Å². The van der Waals surface area contributed by atoms with E-state index in [0.717, 1.165) is 0 Å². The number of carbonyl (C=O) groups is 2. The van der Waals surface area contributed by atoms with Crippen molar-refractivity contribution >= 4 is 17.8 Å². The minimum atomic E-state index is -0.722. The molecule has 0 aromatic carbocycles. The topological polar surface area (TPSA) is 109 Å². The van der Waals surface area contributed by atoms with Crippen LogP contribution in [-0.4, -0.2) is 39.1 Å². The van der Waals surface area contributed by atoms with Crippen molar-refractivity contribution in [3.05, 3.63) is 5.69 Å². The van der Waals surface area contributed by atoms with E-state index < -0.39 is 18.0 Å². The largest absolute Gasteiger partial charge is 0.461 e. The molecule has 2 N–H and O–H groups in total. The maximum Gasteiger partial charge on any atom is 0.363 e. The molecule has 1 aromatic rings. The molecule has 0 fully saturated rings. The number of nitrogens with two attached hydrogens (primary N) is 1. The van der Waals surface area contributed by atoms with E-state index in [2.05, 4.69) is 10.3 Å². The zero-order valence-electron chi connectivity index (χ0n) is 13.0. The first-order chi connectivity index (χ1) is 9.77. The second-order valence-corrected chi connectivity index (χ2v) is 5.13. The van der Waals surface area contributed by atoms with Crippen LogP contribution < -0.4 is 5.73 Å². The van der Waals surface area contributed by atoms with Gasteiger partial charge in [0.25, 0.3) is 0 Å². The number of carbonyl (C=O) groups excluding carboxylic acids is 2. The third kappa shape index (κ3) is 4.17. The summed E-state index contributed by atoms with van der Waals surface area (Å²) in [7, 11) is 0. The van der Waals surface area contributed by atoms with Gasteiger partial charge >= 0.3 is 11.9 Å².